The van der Waals surface area contributed by atoms with E-state index in [2.05, 4.69) is 28.2 Å². The molecule has 0 atom stereocenters. The molecule has 8 heteroatoms. The maximum atomic E-state index is 13.6. The van der Waals surface area contributed by atoms with Crippen LogP contribution in [0.1, 0.15) is 36.5 Å². The highest BCUT2D eigenvalue weighted by Gasteiger charge is 2.32. The molecular formula is C13H16BrFN2O3S. The Morgan fingerprint density at radius 3 is 2.57 bits per heavy atom. The molecule has 1 amide bonds. The van der Waals surface area contributed by atoms with Gasteiger partial charge in [-0.25, -0.2) is 17.9 Å². The van der Waals surface area contributed by atoms with Crippen LogP contribution in [-0.2, 0) is 10.0 Å². The summed E-state index contributed by atoms with van der Waals surface area (Å²) in [6.07, 6.45) is 3.22. The van der Waals surface area contributed by atoms with E-state index < -0.39 is 26.6 Å². The molecule has 3 N–H and O–H groups in total. The van der Waals surface area contributed by atoms with Gasteiger partial charge in [-0.05, 0) is 46.3 Å². The highest BCUT2D eigenvalue weighted by Crippen LogP contribution is 2.39. The maximum Gasteiger partial charge on any atom is 0.252 e. The zero-order chi connectivity index (χ0) is 15.8. The van der Waals surface area contributed by atoms with E-state index in [-0.39, 0.29) is 15.5 Å². The number of nitrogens with one attached hydrogen (secondary N) is 1. The number of halogens is 2. The summed E-state index contributed by atoms with van der Waals surface area (Å²) in [5.41, 5.74) is 0.133. The molecule has 1 fully saturated rings. The summed E-state index contributed by atoms with van der Waals surface area (Å²) in [6.45, 7) is 2.58. The van der Waals surface area contributed by atoms with E-state index >= 15 is 0 Å². The quantitative estimate of drug-likeness (QED) is 0.840. The van der Waals surface area contributed by atoms with Gasteiger partial charge in [0.1, 0.15) is 10.7 Å². The molecule has 0 heterocycles. The normalized spacial score (nSPS) is 17.1. The number of amides is 1. The lowest BCUT2D eigenvalue weighted by Crippen LogP contribution is -2.40. The molecule has 2 rings (SSSR count). The maximum absolute atomic E-state index is 13.6. The standard InChI is InChI=1S/C13H16BrFN2O3S/c1-13(3-2-4-13)7-17-12(18)8-5-11(21(16,19)20)10(15)6-9(8)14/h5-6H,2-4,7H2,1H3,(H,17,18)(H2,16,19,20). The largest absolute Gasteiger partial charge is 0.351 e. The molecule has 0 unspecified atom stereocenters. The molecule has 0 bridgehead atoms. The third-order valence-electron chi connectivity index (χ3n) is 3.81. The minimum Gasteiger partial charge on any atom is -0.351 e. The molecule has 0 saturated heterocycles. The van der Waals surface area contributed by atoms with Crippen LogP contribution in [0.25, 0.3) is 0 Å². The number of nitrogens with two attached hydrogens (primary N) is 1. The van der Waals surface area contributed by atoms with E-state index in [0.29, 0.717) is 6.54 Å². The van der Waals surface area contributed by atoms with E-state index in [1.54, 1.807) is 0 Å². The smallest absolute Gasteiger partial charge is 0.252 e. The zero-order valence-corrected chi connectivity index (χ0v) is 13.9. The third kappa shape index (κ3) is 3.61. The topological polar surface area (TPSA) is 89.3 Å². The summed E-state index contributed by atoms with van der Waals surface area (Å²) in [6, 6.07) is 1.88. The molecule has 1 aromatic carbocycles. The van der Waals surface area contributed by atoms with Crippen LogP contribution < -0.4 is 10.5 Å². The van der Waals surface area contributed by atoms with Gasteiger partial charge in [-0.2, -0.15) is 0 Å². The average molecular weight is 379 g/mol. The third-order valence-corrected chi connectivity index (χ3v) is 5.39. The summed E-state index contributed by atoms with van der Waals surface area (Å²) >= 11 is 3.06. The number of carbonyl (C=O) groups excluding carboxylic acids is 1. The molecule has 21 heavy (non-hydrogen) atoms. The number of rotatable bonds is 4. The number of primary sulfonamides is 1. The molecule has 1 aliphatic rings. The highest BCUT2D eigenvalue weighted by molar-refractivity contribution is 9.10. The SMILES string of the molecule is CC1(CNC(=O)c2cc(S(N)(=O)=O)c(F)cc2Br)CCC1. The lowest BCUT2D eigenvalue weighted by atomic mass is 9.70. The second-order valence-electron chi connectivity index (χ2n) is 5.65. The van der Waals surface area contributed by atoms with Crippen LogP contribution in [0.4, 0.5) is 4.39 Å². The van der Waals surface area contributed by atoms with Crippen LogP contribution >= 0.6 is 15.9 Å². The minimum atomic E-state index is -4.22. The molecule has 1 aliphatic carbocycles. The van der Waals surface area contributed by atoms with Gasteiger partial charge in [0, 0.05) is 11.0 Å². The highest BCUT2D eigenvalue weighted by atomic mass is 79.9. The number of sulfonamides is 1. The Morgan fingerprint density at radius 2 is 2.10 bits per heavy atom. The summed E-state index contributed by atoms with van der Waals surface area (Å²) in [4.78, 5) is 11.5. The second-order valence-corrected chi connectivity index (χ2v) is 8.04. The van der Waals surface area contributed by atoms with Gasteiger partial charge in [-0.3, -0.25) is 4.79 Å². The van der Waals surface area contributed by atoms with Crippen molar-refractivity contribution >= 4 is 31.9 Å². The van der Waals surface area contributed by atoms with Crippen molar-refractivity contribution in [1.82, 2.24) is 5.32 Å². The van der Waals surface area contributed by atoms with Crippen LogP contribution in [0.3, 0.4) is 0 Å². The Kier molecular flexibility index (Phi) is 4.41. The van der Waals surface area contributed by atoms with E-state index in [4.69, 9.17) is 5.14 Å². The first kappa shape index (κ1) is 16.4. The van der Waals surface area contributed by atoms with Crippen LogP contribution in [0.5, 0.6) is 0 Å². The van der Waals surface area contributed by atoms with E-state index in [1.165, 1.54) is 0 Å². The van der Waals surface area contributed by atoms with Crippen molar-refractivity contribution in [3.63, 3.8) is 0 Å². The lowest BCUT2D eigenvalue weighted by molar-refractivity contribution is 0.0889. The van der Waals surface area contributed by atoms with E-state index in [1.807, 2.05) is 0 Å². The Labute approximate surface area is 131 Å². The van der Waals surface area contributed by atoms with Crippen LogP contribution in [0, 0.1) is 11.2 Å². The van der Waals surface area contributed by atoms with Gasteiger partial charge in [0.05, 0.1) is 5.56 Å². The number of benzene rings is 1. The molecule has 0 radical (unpaired) electrons. The van der Waals surface area contributed by atoms with Gasteiger partial charge >= 0.3 is 0 Å². The Bertz CT molecular complexity index is 687. The lowest BCUT2D eigenvalue weighted by Gasteiger charge is -2.38. The minimum absolute atomic E-state index is 0.0448. The fraction of sp³-hybridized carbons (Fsp3) is 0.462. The second kappa shape index (κ2) is 5.66. The van der Waals surface area contributed by atoms with Crippen LogP contribution in [0.2, 0.25) is 0 Å². The monoisotopic (exact) mass is 378 g/mol. The summed E-state index contributed by atoms with van der Waals surface area (Å²) < 4.78 is 36.4. The average Bonchev–Trinajstić information content (AvgIpc) is 2.32. The van der Waals surface area contributed by atoms with Crippen molar-refractivity contribution in [2.75, 3.05) is 6.54 Å². The molecule has 116 valence electrons. The number of hydrogen-bond acceptors (Lipinski definition) is 3. The van der Waals surface area contributed by atoms with Crippen molar-refractivity contribution in [3.8, 4) is 0 Å². The Balaban J connectivity index is 2.24. The van der Waals surface area contributed by atoms with E-state index in [0.717, 1.165) is 31.4 Å². The van der Waals surface area contributed by atoms with Gasteiger partial charge in [-0.1, -0.05) is 13.3 Å². The van der Waals surface area contributed by atoms with Crippen molar-refractivity contribution in [2.24, 2.45) is 10.6 Å². The zero-order valence-electron chi connectivity index (χ0n) is 11.4. The number of hydrogen-bond donors (Lipinski definition) is 2. The van der Waals surface area contributed by atoms with Crippen LogP contribution in [-0.4, -0.2) is 20.9 Å². The van der Waals surface area contributed by atoms with Crippen molar-refractivity contribution in [3.05, 3.63) is 28.0 Å². The van der Waals surface area contributed by atoms with Crippen molar-refractivity contribution in [1.29, 1.82) is 0 Å². The van der Waals surface area contributed by atoms with Crippen molar-refractivity contribution in [2.45, 2.75) is 31.1 Å². The summed E-state index contributed by atoms with van der Waals surface area (Å²) in [5, 5.41) is 7.69. The fourth-order valence-electron chi connectivity index (χ4n) is 2.27. The first-order valence-corrected chi connectivity index (χ1v) is 8.76. The van der Waals surface area contributed by atoms with E-state index in [9.17, 15) is 17.6 Å². The van der Waals surface area contributed by atoms with Gasteiger partial charge in [0.15, 0.2) is 0 Å². The molecule has 1 aromatic rings. The van der Waals surface area contributed by atoms with Gasteiger partial charge < -0.3 is 5.32 Å². The van der Waals surface area contributed by atoms with Gasteiger partial charge in [0.25, 0.3) is 5.91 Å². The summed E-state index contributed by atoms with van der Waals surface area (Å²) in [7, 11) is -4.22. The van der Waals surface area contributed by atoms with Crippen LogP contribution in [0.15, 0.2) is 21.5 Å². The van der Waals surface area contributed by atoms with Crippen molar-refractivity contribution < 1.29 is 17.6 Å². The summed E-state index contributed by atoms with van der Waals surface area (Å²) in [5.74, 6) is -1.45. The van der Waals surface area contributed by atoms with Gasteiger partial charge in [-0.15, -0.1) is 0 Å². The predicted octanol–water partition coefficient (Wildman–Crippen LogP) is 2.16. The Hall–Kier alpha value is -0.990. The first-order valence-electron chi connectivity index (χ1n) is 6.42. The molecule has 0 aromatic heterocycles. The molecule has 0 aliphatic heterocycles. The molecule has 0 spiro atoms. The predicted molar refractivity (Wildman–Crippen MR) is 79.8 cm³/mol. The fourth-order valence-corrected chi connectivity index (χ4v) is 3.38. The first-order chi connectivity index (χ1) is 9.62. The Morgan fingerprint density at radius 1 is 1.48 bits per heavy atom. The molecular weight excluding hydrogens is 363 g/mol. The molecule has 5 nitrogen and oxygen atoms in total. The number of carbonyl (C=O) groups is 1. The van der Waals surface area contributed by atoms with Gasteiger partial charge in [0.2, 0.25) is 10.0 Å². The molecule has 1 saturated carbocycles.